The van der Waals surface area contributed by atoms with Crippen LogP contribution in [0, 0.1) is 6.92 Å². The summed E-state index contributed by atoms with van der Waals surface area (Å²) in [5, 5.41) is 13.6. The molecule has 1 amide bonds. The minimum absolute atomic E-state index is 0.153. The number of anilines is 1. The van der Waals surface area contributed by atoms with Gasteiger partial charge in [0.05, 0.1) is 11.3 Å². The predicted octanol–water partition coefficient (Wildman–Crippen LogP) is 2.61. The lowest BCUT2D eigenvalue weighted by atomic mass is 10.2. The summed E-state index contributed by atoms with van der Waals surface area (Å²) < 4.78 is 27.0. The maximum atomic E-state index is 12.2. The van der Waals surface area contributed by atoms with Crippen molar-refractivity contribution < 1.29 is 13.2 Å². The van der Waals surface area contributed by atoms with Gasteiger partial charge in [-0.2, -0.15) is 0 Å². The van der Waals surface area contributed by atoms with Gasteiger partial charge < -0.3 is 5.32 Å². The first kappa shape index (κ1) is 19.6. The van der Waals surface area contributed by atoms with Crippen molar-refractivity contribution in [1.82, 2.24) is 14.9 Å². The normalized spacial score (nSPS) is 11.4. The van der Waals surface area contributed by atoms with Crippen LogP contribution in [0.25, 0.3) is 0 Å². The molecule has 0 spiro atoms. The third-order valence-corrected chi connectivity index (χ3v) is 6.84. The van der Waals surface area contributed by atoms with Crippen LogP contribution in [0.3, 0.4) is 0 Å². The first-order valence-corrected chi connectivity index (χ1v) is 11.3. The Morgan fingerprint density at radius 3 is 2.63 bits per heavy atom. The highest BCUT2D eigenvalue weighted by Crippen LogP contribution is 2.17. The Morgan fingerprint density at radius 1 is 1.15 bits per heavy atom. The number of thiophene rings is 1. The average molecular weight is 423 g/mol. The van der Waals surface area contributed by atoms with E-state index in [1.807, 2.05) is 24.4 Å². The van der Waals surface area contributed by atoms with E-state index in [1.54, 1.807) is 24.3 Å². The van der Waals surface area contributed by atoms with Crippen molar-refractivity contribution in [2.75, 3.05) is 11.9 Å². The molecule has 3 rings (SSSR count). The highest BCUT2D eigenvalue weighted by molar-refractivity contribution is 7.89. The van der Waals surface area contributed by atoms with Crippen LogP contribution in [0.2, 0.25) is 0 Å². The third-order valence-electron chi connectivity index (χ3n) is 3.59. The van der Waals surface area contributed by atoms with Gasteiger partial charge in [0.2, 0.25) is 21.1 Å². The maximum Gasteiger partial charge on any atom is 0.240 e. The highest BCUT2D eigenvalue weighted by Gasteiger charge is 2.14. The molecule has 2 aromatic heterocycles. The van der Waals surface area contributed by atoms with Gasteiger partial charge in [-0.3, -0.25) is 4.79 Å². The Hall–Kier alpha value is -2.14. The number of benzene rings is 1. The Bertz CT molecular complexity index is 996. The van der Waals surface area contributed by atoms with Crippen LogP contribution < -0.4 is 10.0 Å². The molecular formula is C17H18N4O3S3. The van der Waals surface area contributed by atoms with E-state index in [9.17, 15) is 13.2 Å². The number of nitrogens with one attached hydrogen (secondary N) is 2. The predicted molar refractivity (Wildman–Crippen MR) is 107 cm³/mol. The monoisotopic (exact) mass is 422 g/mol. The molecule has 0 radical (unpaired) electrons. The van der Waals surface area contributed by atoms with E-state index < -0.39 is 10.0 Å². The summed E-state index contributed by atoms with van der Waals surface area (Å²) in [5.41, 5.74) is 0.997. The summed E-state index contributed by atoms with van der Waals surface area (Å²) in [5.74, 6) is -0.153. The van der Waals surface area contributed by atoms with E-state index in [1.165, 1.54) is 22.7 Å². The van der Waals surface area contributed by atoms with Crippen LogP contribution in [0.1, 0.15) is 15.4 Å². The topological polar surface area (TPSA) is 101 Å². The molecule has 7 nitrogen and oxygen atoms in total. The molecule has 10 heteroatoms. The molecule has 0 unspecified atom stereocenters. The molecule has 0 aliphatic carbocycles. The highest BCUT2D eigenvalue weighted by atomic mass is 32.2. The summed E-state index contributed by atoms with van der Waals surface area (Å²) >= 11 is 2.76. The molecule has 0 aliphatic rings. The lowest BCUT2D eigenvalue weighted by Crippen LogP contribution is -2.25. The first-order chi connectivity index (χ1) is 12.9. The number of aryl methyl sites for hydroxylation is 1. The number of carbonyl (C=O) groups excluding carboxylic acids is 1. The third kappa shape index (κ3) is 5.67. The van der Waals surface area contributed by atoms with Crippen LogP contribution in [-0.2, 0) is 27.7 Å². The van der Waals surface area contributed by atoms with Crippen molar-refractivity contribution in [3.8, 4) is 0 Å². The van der Waals surface area contributed by atoms with Gasteiger partial charge in [0.25, 0.3) is 0 Å². The number of hydrogen-bond acceptors (Lipinski definition) is 7. The number of hydrogen-bond donors (Lipinski definition) is 2. The van der Waals surface area contributed by atoms with Gasteiger partial charge in [0.15, 0.2) is 0 Å². The number of amides is 1. The van der Waals surface area contributed by atoms with Crippen molar-refractivity contribution in [2.45, 2.75) is 24.7 Å². The number of sulfonamides is 1. The van der Waals surface area contributed by atoms with Crippen molar-refractivity contribution in [3.05, 3.63) is 57.2 Å². The summed E-state index contributed by atoms with van der Waals surface area (Å²) in [4.78, 5) is 13.2. The molecule has 0 fully saturated rings. The minimum atomic E-state index is -3.55. The smallest absolute Gasteiger partial charge is 0.240 e. The van der Waals surface area contributed by atoms with Gasteiger partial charge in [0, 0.05) is 17.8 Å². The fourth-order valence-electron chi connectivity index (χ4n) is 2.23. The number of nitrogens with zero attached hydrogens (tertiary/aromatic N) is 2. The lowest BCUT2D eigenvalue weighted by molar-refractivity contribution is -0.115. The van der Waals surface area contributed by atoms with Crippen molar-refractivity contribution in [2.24, 2.45) is 0 Å². The standard InChI is InChI=1S/C17H18N4O3S3/c1-12-4-6-14(7-5-12)27(23,24)18-9-8-16-20-21-17(26-16)19-15(22)11-13-3-2-10-25-13/h2-7,10,18H,8-9,11H2,1H3,(H,19,21,22). The minimum Gasteiger partial charge on any atom is -0.300 e. The van der Waals surface area contributed by atoms with Gasteiger partial charge in [-0.1, -0.05) is 35.1 Å². The second-order valence-corrected chi connectivity index (χ2v) is 9.63. The van der Waals surface area contributed by atoms with E-state index >= 15 is 0 Å². The lowest BCUT2D eigenvalue weighted by Gasteiger charge is -2.05. The van der Waals surface area contributed by atoms with Crippen molar-refractivity contribution in [1.29, 1.82) is 0 Å². The molecule has 2 heterocycles. The SMILES string of the molecule is Cc1ccc(S(=O)(=O)NCCc2nnc(NC(=O)Cc3cccs3)s2)cc1. The van der Waals surface area contributed by atoms with Crippen LogP contribution in [0.5, 0.6) is 0 Å². The summed E-state index contributed by atoms with van der Waals surface area (Å²) in [6.45, 7) is 2.10. The zero-order valence-corrected chi connectivity index (χ0v) is 17.0. The van der Waals surface area contributed by atoms with Gasteiger partial charge in [-0.15, -0.1) is 21.5 Å². The molecular weight excluding hydrogens is 404 g/mol. The molecule has 27 heavy (non-hydrogen) atoms. The number of aromatic nitrogens is 2. The molecule has 0 saturated carbocycles. The van der Waals surface area contributed by atoms with E-state index in [0.717, 1.165) is 10.4 Å². The number of carbonyl (C=O) groups is 1. The largest absolute Gasteiger partial charge is 0.300 e. The van der Waals surface area contributed by atoms with Crippen LogP contribution >= 0.6 is 22.7 Å². The van der Waals surface area contributed by atoms with Crippen LogP contribution in [-0.4, -0.2) is 31.1 Å². The summed E-state index contributed by atoms with van der Waals surface area (Å²) in [6.07, 6.45) is 0.687. The van der Waals surface area contributed by atoms with Crippen molar-refractivity contribution >= 4 is 43.7 Å². The summed E-state index contributed by atoms with van der Waals surface area (Å²) in [6, 6.07) is 10.5. The quantitative estimate of drug-likeness (QED) is 0.581. The second kappa shape index (κ2) is 8.70. The van der Waals surface area contributed by atoms with Gasteiger partial charge in [-0.25, -0.2) is 13.1 Å². The van der Waals surface area contributed by atoms with Gasteiger partial charge in [0.1, 0.15) is 5.01 Å². The van der Waals surface area contributed by atoms with Crippen LogP contribution in [0.15, 0.2) is 46.7 Å². The Labute approximate surface area is 165 Å². The Kier molecular flexibility index (Phi) is 6.32. The molecule has 0 saturated heterocycles. The fourth-order valence-corrected chi connectivity index (χ4v) is 4.72. The summed E-state index contributed by atoms with van der Waals surface area (Å²) in [7, 11) is -3.55. The maximum absolute atomic E-state index is 12.2. The second-order valence-electron chi connectivity index (χ2n) is 5.77. The molecule has 0 atom stereocenters. The number of rotatable bonds is 8. The van der Waals surface area contributed by atoms with Gasteiger partial charge >= 0.3 is 0 Å². The van der Waals surface area contributed by atoms with Gasteiger partial charge in [-0.05, 0) is 30.5 Å². The van der Waals surface area contributed by atoms with E-state index in [0.29, 0.717) is 23.0 Å². The molecule has 0 bridgehead atoms. The van der Waals surface area contributed by atoms with Crippen LogP contribution in [0.4, 0.5) is 5.13 Å². The fraction of sp³-hybridized carbons (Fsp3) is 0.235. The van der Waals surface area contributed by atoms with E-state index in [4.69, 9.17) is 0 Å². The molecule has 142 valence electrons. The van der Waals surface area contributed by atoms with E-state index in [-0.39, 0.29) is 17.3 Å². The van der Waals surface area contributed by atoms with Crippen molar-refractivity contribution in [3.63, 3.8) is 0 Å². The zero-order chi connectivity index (χ0) is 19.3. The molecule has 0 aliphatic heterocycles. The average Bonchev–Trinajstić information content (AvgIpc) is 3.27. The molecule has 3 aromatic rings. The molecule has 2 N–H and O–H groups in total. The Balaban J connectivity index is 1.49. The molecule has 1 aromatic carbocycles. The Morgan fingerprint density at radius 2 is 1.93 bits per heavy atom. The van der Waals surface area contributed by atoms with E-state index in [2.05, 4.69) is 20.2 Å². The zero-order valence-electron chi connectivity index (χ0n) is 14.5. The first-order valence-electron chi connectivity index (χ1n) is 8.13.